The highest BCUT2D eigenvalue weighted by Crippen LogP contribution is 2.44. The summed E-state index contributed by atoms with van der Waals surface area (Å²) in [4.78, 5) is 0. The molecule has 0 aromatic heterocycles. The zero-order valence-electron chi connectivity index (χ0n) is 13.4. The zero-order valence-corrected chi connectivity index (χ0v) is 13.3. The molecule has 1 heterocycles. The summed E-state index contributed by atoms with van der Waals surface area (Å²) in [6.45, 7) is 5.89. The molecule has 1 rings (SSSR count). The molecular formula is C14H25FNO3P. The highest BCUT2D eigenvalue weighted by molar-refractivity contribution is 7.47. The van der Waals surface area contributed by atoms with Crippen molar-refractivity contribution in [2.45, 2.75) is 65.0 Å². The Morgan fingerprint density at radius 3 is 2.80 bits per heavy atom. The maximum Gasteiger partial charge on any atom is 0.170 e. The van der Waals surface area contributed by atoms with E-state index >= 15 is 0 Å². The molecule has 0 aliphatic carbocycles. The monoisotopic (exact) mass is 306 g/mol. The van der Waals surface area contributed by atoms with Crippen LogP contribution in [0.5, 0.6) is 0 Å². The van der Waals surface area contributed by atoms with Gasteiger partial charge in [-0.05, 0) is 20.2 Å². The van der Waals surface area contributed by atoms with Crippen molar-refractivity contribution in [2.75, 3.05) is 12.8 Å². The largest absolute Gasteiger partial charge is 0.372 e. The van der Waals surface area contributed by atoms with Gasteiger partial charge in [0.1, 0.15) is 12.3 Å². The van der Waals surface area contributed by atoms with Crippen LogP contribution >= 0.6 is 8.38 Å². The van der Waals surface area contributed by atoms with Crippen molar-refractivity contribution < 1.29 is 19.5 Å². The van der Waals surface area contributed by atoms with Gasteiger partial charge in [0, 0.05) is 13.5 Å². The zero-order chi connectivity index (χ0) is 15.8. The fourth-order valence-corrected chi connectivity index (χ4v) is 3.50. The lowest BCUT2D eigenvalue weighted by molar-refractivity contribution is -0.155. The van der Waals surface area contributed by atoms with Gasteiger partial charge in [-0.15, -0.1) is 0 Å². The van der Waals surface area contributed by atoms with Gasteiger partial charge < -0.3 is 13.8 Å². The van der Waals surface area contributed by atoms with E-state index in [0.717, 1.165) is 6.42 Å². The van der Waals surface area contributed by atoms with E-state index in [9.17, 15) is 4.39 Å². The number of nitriles is 1. The van der Waals surface area contributed by atoms with E-state index in [0.29, 0.717) is 19.2 Å². The molecule has 20 heavy (non-hydrogen) atoms. The van der Waals surface area contributed by atoms with Crippen molar-refractivity contribution in [3.05, 3.63) is 0 Å². The molecular weight excluding hydrogens is 280 g/mol. The van der Waals surface area contributed by atoms with Crippen LogP contribution in [0, 0.1) is 17.2 Å². The molecule has 1 saturated heterocycles. The Hall–Kier alpha value is -0.270. The second-order valence-electron chi connectivity index (χ2n) is 5.05. The van der Waals surface area contributed by atoms with Crippen LogP contribution in [0.2, 0.25) is 0 Å². The second-order valence-corrected chi connectivity index (χ2v) is 6.63. The van der Waals surface area contributed by atoms with Crippen molar-refractivity contribution >= 4 is 8.38 Å². The lowest BCUT2D eigenvalue weighted by Gasteiger charge is -2.41. The van der Waals surface area contributed by atoms with Gasteiger partial charge in [0.05, 0.1) is 31.3 Å². The van der Waals surface area contributed by atoms with Crippen molar-refractivity contribution in [2.24, 2.45) is 5.92 Å². The maximum atomic E-state index is 14.5. The van der Waals surface area contributed by atoms with Gasteiger partial charge in [0.25, 0.3) is 0 Å². The molecule has 0 radical (unpaired) electrons. The van der Waals surface area contributed by atoms with Crippen LogP contribution < -0.4 is 0 Å². The number of nitrogens with zero attached hydrogens (tertiary/aromatic N) is 1. The maximum absolute atomic E-state index is 14.5. The van der Waals surface area contributed by atoms with Crippen molar-refractivity contribution in [3.8, 4) is 6.07 Å². The SMILES string of the molecule is [2H]C[C@H]1O[C@@H](C)[C@@H](C)[C@H](F)[C@@H]1OP(CCC)OCCC#N. The first-order valence-corrected chi connectivity index (χ1v) is 8.44. The Morgan fingerprint density at radius 2 is 2.20 bits per heavy atom. The first-order chi connectivity index (χ1) is 10.0. The van der Waals surface area contributed by atoms with Crippen LogP contribution in [0.25, 0.3) is 0 Å². The Kier molecular flexibility index (Phi) is 7.16. The minimum absolute atomic E-state index is 0.0321. The average molecular weight is 306 g/mol. The van der Waals surface area contributed by atoms with Crippen molar-refractivity contribution in [3.63, 3.8) is 0 Å². The Balaban J connectivity index is 2.66. The van der Waals surface area contributed by atoms with Crippen LogP contribution in [0.1, 0.15) is 41.9 Å². The molecule has 1 aliphatic heterocycles. The summed E-state index contributed by atoms with van der Waals surface area (Å²) in [7, 11) is -1.24. The highest BCUT2D eigenvalue weighted by Gasteiger charge is 2.42. The predicted molar refractivity (Wildman–Crippen MR) is 77.2 cm³/mol. The highest BCUT2D eigenvalue weighted by atomic mass is 31.2. The van der Waals surface area contributed by atoms with Gasteiger partial charge >= 0.3 is 0 Å². The topological polar surface area (TPSA) is 51.5 Å². The summed E-state index contributed by atoms with van der Waals surface area (Å²) in [6, 6.07) is 2.01. The molecule has 1 aliphatic rings. The van der Waals surface area contributed by atoms with Gasteiger partial charge in [0.15, 0.2) is 8.38 Å². The molecule has 0 aromatic rings. The lowest BCUT2D eigenvalue weighted by Crippen LogP contribution is -2.50. The number of alkyl halides is 1. The van der Waals surface area contributed by atoms with Crippen LogP contribution in [-0.4, -0.2) is 37.3 Å². The number of rotatable bonds is 7. The number of ether oxygens (including phenoxy) is 1. The fraction of sp³-hybridized carbons (Fsp3) is 0.929. The molecule has 0 amide bonds. The molecule has 0 spiro atoms. The summed E-state index contributed by atoms with van der Waals surface area (Å²) in [5.74, 6) is -0.268. The van der Waals surface area contributed by atoms with Crippen LogP contribution in [0.4, 0.5) is 4.39 Å². The fourth-order valence-electron chi connectivity index (χ4n) is 2.03. The second kappa shape index (κ2) is 8.89. The van der Waals surface area contributed by atoms with Gasteiger partial charge in [-0.3, -0.25) is 0 Å². The molecule has 0 saturated carbocycles. The van der Waals surface area contributed by atoms with E-state index in [1.807, 2.05) is 19.9 Å². The number of halogens is 1. The van der Waals surface area contributed by atoms with E-state index in [1.54, 1.807) is 6.92 Å². The summed E-state index contributed by atoms with van der Waals surface area (Å²) >= 11 is 0. The van der Waals surface area contributed by atoms with Crippen LogP contribution in [-0.2, 0) is 13.8 Å². The minimum Gasteiger partial charge on any atom is -0.372 e. The summed E-state index contributed by atoms with van der Waals surface area (Å²) in [6.07, 6.45) is -0.848. The van der Waals surface area contributed by atoms with Gasteiger partial charge in [-0.1, -0.05) is 13.8 Å². The van der Waals surface area contributed by atoms with Crippen molar-refractivity contribution in [1.29, 1.82) is 5.26 Å². The first kappa shape index (κ1) is 16.1. The molecule has 1 fully saturated rings. The van der Waals surface area contributed by atoms with E-state index in [-0.39, 0.29) is 18.9 Å². The predicted octanol–water partition coefficient (Wildman–Crippen LogP) is 3.81. The third-order valence-electron chi connectivity index (χ3n) is 3.41. The molecule has 6 atom stereocenters. The van der Waals surface area contributed by atoms with Gasteiger partial charge in [0.2, 0.25) is 0 Å². The molecule has 0 bridgehead atoms. The summed E-state index contributed by atoms with van der Waals surface area (Å²) in [5, 5.41) is 8.55. The molecule has 6 heteroatoms. The Bertz CT molecular complexity index is 343. The first-order valence-electron chi connectivity index (χ1n) is 7.78. The van der Waals surface area contributed by atoms with E-state index < -0.39 is 26.8 Å². The molecule has 4 nitrogen and oxygen atoms in total. The molecule has 116 valence electrons. The third kappa shape index (κ3) is 4.93. The number of hydrogen-bond acceptors (Lipinski definition) is 4. The molecule has 0 aromatic carbocycles. The van der Waals surface area contributed by atoms with Gasteiger partial charge in [-0.25, -0.2) is 4.39 Å². The quantitative estimate of drug-likeness (QED) is 0.530. The minimum atomic E-state index is -1.24. The van der Waals surface area contributed by atoms with Gasteiger partial charge in [-0.2, -0.15) is 5.26 Å². The normalized spacial score (nSPS) is 36.1. The van der Waals surface area contributed by atoms with Crippen LogP contribution in [0.3, 0.4) is 0 Å². The van der Waals surface area contributed by atoms with E-state index in [1.165, 1.54) is 0 Å². The van der Waals surface area contributed by atoms with Crippen LogP contribution in [0.15, 0.2) is 0 Å². The molecule has 0 N–H and O–H groups in total. The smallest absolute Gasteiger partial charge is 0.170 e. The van der Waals surface area contributed by atoms with E-state index in [2.05, 4.69) is 0 Å². The van der Waals surface area contributed by atoms with E-state index in [4.69, 9.17) is 20.4 Å². The summed E-state index contributed by atoms with van der Waals surface area (Å²) < 4.78 is 39.1. The number of hydrogen-bond donors (Lipinski definition) is 0. The van der Waals surface area contributed by atoms with Crippen molar-refractivity contribution in [1.82, 2.24) is 0 Å². The Labute approximate surface area is 123 Å². The lowest BCUT2D eigenvalue weighted by atomic mass is 9.90. The third-order valence-corrected chi connectivity index (χ3v) is 5.17. The standard InChI is InChI=1S/C14H25FNO3P/c1-5-9-20(17-8-6-7-16)19-14-12(4)18-11(3)10(2)13(14)15/h10-14H,5-6,8-9H2,1-4H3/t10-,11+,12-,13+,14-,20?/m1/s1/i4D. The average Bonchev–Trinajstić information content (AvgIpc) is 2.47. The Morgan fingerprint density at radius 1 is 1.45 bits per heavy atom. The summed E-state index contributed by atoms with van der Waals surface area (Å²) in [5.41, 5.74) is 0. The molecule has 1 unspecified atom stereocenters.